The highest BCUT2D eigenvalue weighted by atomic mass is 32.1. The fraction of sp³-hybridized carbons (Fsp3) is 0.500. The number of hydrogen-bond donors (Lipinski definition) is 1. The van der Waals surface area contributed by atoms with Crippen molar-refractivity contribution >= 4 is 16.5 Å². The van der Waals surface area contributed by atoms with E-state index in [4.69, 9.17) is 0 Å². The summed E-state index contributed by atoms with van der Waals surface area (Å²) < 4.78 is 2.21. The molecule has 0 fully saturated rings. The van der Waals surface area contributed by atoms with Crippen LogP contribution in [0.5, 0.6) is 0 Å². The molecule has 0 radical (unpaired) electrons. The lowest BCUT2D eigenvalue weighted by atomic mass is 10.4. The van der Waals surface area contributed by atoms with Crippen LogP contribution < -0.4 is 10.2 Å². The second-order valence-corrected chi connectivity index (χ2v) is 5.44. The predicted molar refractivity (Wildman–Crippen MR) is 72.8 cm³/mol. The number of anilines is 1. The molecule has 0 amide bonds. The molecule has 18 heavy (non-hydrogen) atoms. The van der Waals surface area contributed by atoms with E-state index < -0.39 is 0 Å². The Labute approximate surface area is 110 Å². The first-order valence-electron chi connectivity index (χ1n) is 6.27. The third-order valence-electron chi connectivity index (χ3n) is 3.11. The van der Waals surface area contributed by atoms with Crippen molar-refractivity contribution in [1.29, 1.82) is 0 Å². The highest BCUT2D eigenvalue weighted by Gasteiger charge is 2.19. The van der Waals surface area contributed by atoms with E-state index in [1.54, 1.807) is 11.3 Å². The van der Waals surface area contributed by atoms with Crippen LogP contribution in [0.3, 0.4) is 0 Å². The van der Waals surface area contributed by atoms with Gasteiger partial charge < -0.3 is 14.8 Å². The second-order valence-electron chi connectivity index (χ2n) is 4.35. The lowest BCUT2D eigenvalue weighted by molar-refractivity contribution is 0.559. The number of nitrogens with zero attached hydrogens (tertiary/aromatic N) is 4. The molecule has 2 aromatic heterocycles. The molecule has 0 saturated heterocycles. The molecule has 1 aliphatic rings. The summed E-state index contributed by atoms with van der Waals surface area (Å²) in [6.07, 6.45) is 5.89. The molecule has 3 heterocycles. The largest absolute Gasteiger partial charge is 0.339 e. The number of imidazole rings is 1. The van der Waals surface area contributed by atoms with Crippen molar-refractivity contribution in [3.8, 4) is 0 Å². The Morgan fingerprint density at radius 1 is 1.39 bits per heavy atom. The maximum atomic E-state index is 4.52. The predicted octanol–water partition coefficient (Wildman–Crippen LogP) is 1.47. The maximum absolute atomic E-state index is 4.52. The van der Waals surface area contributed by atoms with E-state index in [1.165, 1.54) is 4.88 Å². The van der Waals surface area contributed by atoms with Gasteiger partial charge >= 0.3 is 0 Å². The Morgan fingerprint density at radius 2 is 2.33 bits per heavy atom. The maximum Gasteiger partial charge on any atom is 0.186 e. The van der Waals surface area contributed by atoms with Gasteiger partial charge in [-0.05, 0) is 6.54 Å². The van der Waals surface area contributed by atoms with Crippen molar-refractivity contribution in [2.45, 2.75) is 26.6 Å². The van der Waals surface area contributed by atoms with Crippen LogP contribution in [0.25, 0.3) is 0 Å². The summed E-state index contributed by atoms with van der Waals surface area (Å²) in [6.45, 7) is 6.90. The van der Waals surface area contributed by atoms with E-state index in [9.17, 15) is 0 Å². The molecule has 6 heteroatoms. The first-order chi connectivity index (χ1) is 8.86. The van der Waals surface area contributed by atoms with Gasteiger partial charge in [0.2, 0.25) is 0 Å². The summed E-state index contributed by atoms with van der Waals surface area (Å²) in [5.41, 5.74) is 0. The summed E-state index contributed by atoms with van der Waals surface area (Å²) in [7, 11) is 0. The fourth-order valence-electron chi connectivity index (χ4n) is 2.11. The first-order valence-corrected chi connectivity index (χ1v) is 7.09. The van der Waals surface area contributed by atoms with Crippen molar-refractivity contribution in [2.24, 2.45) is 0 Å². The van der Waals surface area contributed by atoms with Gasteiger partial charge in [0, 0.05) is 43.1 Å². The van der Waals surface area contributed by atoms with E-state index in [-0.39, 0.29) is 0 Å². The van der Waals surface area contributed by atoms with Gasteiger partial charge in [0.15, 0.2) is 5.13 Å². The van der Waals surface area contributed by atoms with Gasteiger partial charge in [-0.2, -0.15) is 0 Å². The number of aromatic nitrogens is 3. The number of thiazole rings is 1. The Kier molecular flexibility index (Phi) is 3.29. The van der Waals surface area contributed by atoms with E-state index >= 15 is 0 Å². The second kappa shape index (κ2) is 5.07. The standard InChI is InChI=1S/C12H17N5S/c1-2-13-7-10-8-15-12(18-10)17-6-5-16-4-3-14-11(16)9-17/h3-4,8,13H,2,5-7,9H2,1H3. The topological polar surface area (TPSA) is 46.0 Å². The summed E-state index contributed by atoms with van der Waals surface area (Å²) in [5, 5.41) is 4.44. The molecule has 1 N–H and O–H groups in total. The van der Waals surface area contributed by atoms with Crippen LogP contribution in [0.4, 0.5) is 5.13 Å². The Balaban J connectivity index is 1.70. The Bertz CT molecular complexity index is 518. The minimum atomic E-state index is 0.862. The minimum absolute atomic E-state index is 0.862. The van der Waals surface area contributed by atoms with Gasteiger partial charge in [-0.15, -0.1) is 11.3 Å². The third-order valence-corrected chi connectivity index (χ3v) is 4.16. The molecule has 2 aromatic rings. The van der Waals surface area contributed by atoms with E-state index in [0.717, 1.165) is 43.7 Å². The van der Waals surface area contributed by atoms with Gasteiger partial charge in [-0.25, -0.2) is 9.97 Å². The van der Waals surface area contributed by atoms with Crippen LogP contribution in [0.15, 0.2) is 18.6 Å². The Hall–Kier alpha value is -1.40. The average molecular weight is 263 g/mol. The van der Waals surface area contributed by atoms with Crippen molar-refractivity contribution in [3.05, 3.63) is 29.3 Å². The molecule has 96 valence electrons. The van der Waals surface area contributed by atoms with Gasteiger partial charge in [-0.1, -0.05) is 6.92 Å². The molecular formula is C12H17N5S. The van der Waals surface area contributed by atoms with Crippen LogP contribution in [0.2, 0.25) is 0 Å². The van der Waals surface area contributed by atoms with Crippen molar-refractivity contribution in [3.63, 3.8) is 0 Å². The molecule has 0 aromatic carbocycles. The lowest BCUT2D eigenvalue weighted by Crippen LogP contribution is -2.33. The minimum Gasteiger partial charge on any atom is -0.339 e. The zero-order valence-corrected chi connectivity index (χ0v) is 11.3. The summed E-state index contributed by atoms with van der Waals surface area (Å²) in [5.74, 6) is 1.13. The van der Waals surface area contributed by atoms with Crippen LogP contribution in [0, 0.1) is 0 Å². The smallest absolute Gasteiger partial charge is 0.186 e. The lowest BCUT2D eigenvalue weighted by Gasteiger charge is -2.27. The van der Waals surface area contributed by atoms with Gasteiger partial charge in [0.1, 0.15) is 5.82 Å². The van der Waals surface area contributed by atoms with Crippen LogP contribution in [0.1, 0.15) is 17.6 Å². The first kappa shape index (κ1) is 11.7. The monoisotopic (exact) mass is 263 g/mol. The molecular weight excluding hydrogens is 246 g/mol. The zero-order chi connectivity index (χ0) is 12.4. The summed E-state index contributed by atoms with van der Waals surface area (Å²) >= 11 is 1.77. The Morgan fingerprint density at radius 3 is 3.22 bits per heavy atom. The molecule has 0 unspecified atom stereocenters. The van der Waals surface area contributed by atoms with E-state index in [1.807, 2.05) is 18.6 Å². The van der Waals surface area contributed by atoms with Gasteiger partial charge in [-0.3, -0.25) is 0 Å². The quantitative estimate of drug-likeness (QED) is 0.907. The number of hydrogen-bond acceptors (Lipinski definition) is 5. The third kappa shape index (κ3) is 2.26. The van der Waals surface area contributed by atoms with E-state index in [0.29, 0.717) is 0 Å². The van der Waals surface area contributed by atoms with Crippen molar-refractivity contribution in [1.82, 2.24) is 19.9 Å². The van der Waals surface area contributed by atoms with Crippen LogP contribution in [-0.2, 0) is 19.6 Å². The molecule has 0 atom stereocenters. The van der Waals surface area contributed by atoms with Gasteiger partial charge in [0.25, 0.3) is 0 Å². The number of fused-ring (bicyclic) bond motifs is 1. The fourth-order valence-corrected chi connectivity index (χ4v) is 3.01. The highest BCUT2D eigenvalue weighted by molar-refractivity contribution is 7.15. The SMILES string of the molecule is CCNCc1cnc(N2CCn3ccnc3C2)s1. The molecule has 5 nitrogen and oxygen atoms in total. The number of nitrogens with one attached hydrogen (secondary N) is 1. The van der Waals surface area contributed by atoms with Crippen molar-refractivity contribution in [2.75, 3.05) is 18.0 Å². The van der Waals surface area contributed by atoms with Crippen molar-refractivity contribution < 1.29 is 0 Å². The summed E-state index contributed by atoms with van der Waals surface area (Å²) in [4.78, 5) is 12.5. The normalized spacial score (nSPS) is 14.8. The molecule has 0 saturated carbocycles. The number of rotatable bonds is 4. The zero-order valence-electron chi connectivity index (χ0n) is 10.5. The van der Waals surface area contributed by atoms with Crippen LogP contribution >= 0.6 is 11.3 Å². The van der Waals surface area contributed by atoms with Gasteiger partial charge in [0.05, 0.1) is 6.54 Å². The highest BCUT2D eigenvalue weighted by Crippen LogP contribution is 2.25. The van der Waals surface area contributed by atoms with Crippen LogP contribution in [-0.4, -0.2) is 27.6 Å². The molecule has 1 aliphatic heterocycles. The molecule has 3 rings (SSSR count). The summed E-state index contributed by atoms with van der Waals surface area (Å²) in [6, 6.07) is 0. The molecule has 0 aliphatic carbocycles. The average Bonchev–Trinajstić information content (AvgIpc) is 3.04. The molecule has 0 bridgehead atoms. The van der Waals surface area contributed by atoms with E-state index in [2.05, 4.69) is 31.7 Å². The molecule has 0 spiro atoms.